The van der Waals surface area contributed by atoms with Crippen molar-refractivity contribution in [2.24, 2.45) is 0 Å². The molecule has 0 saturated heterocycles. The van der Waals surface area contributed by atoms with Crippen molar-refractivity contribution in [3.05, 3.63) is 88.9 Å². The second-order valence-corrected chi connectivity index (χ2v) is 13.3. The van der Waals surface area contributed by atoms with Gasteiger partial charge in [0.15, 0.2) is 40.3 Å². The third-order valence-corrected chi connectivity index (χ3v) is 9.59. The number of methoxy groups -OCH3 is 5. The number of anilines is 1. The average Bonchev–Trinajstić information content (AvgIpc) is 3.71. The number of hydrogen-bond donors (Lipinski definition) is 2. The number of ether oxygens (including phenoxy) is 7. The highest BCUT2D eigenvalue weighted by Crippen LogP contribution is 2.42. The van der Waals surface area contributed by atoms with E-state index in [9.17, 15) is 0 Å². The lowest BCUT2D eigenvalue weighted by Crippen LogP contribution is -2.32. The molecule has 4 aromatic carbocycles. The smallest absolute Gasteiger partial charge is 0.203 e. The van der Waals surface area contributed by atoms with E-state index in [-0.39, 0.29) is 6.17 Å². The number of fused-ring (bicyclic) bond motifs is 1. The summed E-state index contributed by atoms with van der Waals surface area (Å²) in [6, 6.07) is 23.2. The zero-order chi connectivity index (χ0) is 37.9. The van der Waals surface area contributed by atoms with Crippen molar-refractivity contribution in [2.45, 2.75) is 51.2 Å². The van der Waals surface area contributed by atoms with Gasteiger partial charge in [-0.25, -0.2) is 0 Å². The number of hydrogen-bond acceptors (Lipinski definition) is 11. The van der Waals surface area contributed by atoms with Crippen LogP contribution in [0, 0.1) is 0 Å². The van der Waals surface area contributed by atoms with Gasteiger partial charge < -0.3 is 43.0 Å². The maximum atomic E-state index is 6.18. The number of nitrogens with zero attached hydrogens (tertiary/aromatic N) is 1. The molecule has 6 rings (SSSR count). The van der Waals surface area contributed by atoms with E-state index in [2.05, 4.69) is 21.9 Å². The molecule has 1 unspecified atom stereocenters. The van der Waals surface area contributed by atoms with E-state index in [1.807, 2.05) is 66.7 Å². The van der Waals surface area contributed by atoms with Crippen LogP contribution in [0.2, 0.25) is 5.02 Å². The Labute approximate surface area is 321 Å². The van der Waals surface area contributed by atoms with Crippen LogP contribution in [0.15, 0.2) is 77.3 Å². The Morgan fingerprint density at radius 3 is 1.96 bits per heavy atom. The van der Waals surface area contributed by atoms with Gasteiger partial charge in [-0.2, -0.15) is 0 Å². The molecule has 2 N–H and O–H groups in total. The fourth-order valence-electron chi connectivity index (χ4n) is 6.45. The SMILES string of the molecule is COc1cc(C2NCc3cc(Cl)ccc3N2)ccc1OCCCCCCCCOc1cc(-c2cc(-c3cc(OC)c(OC)c(OC)c3)on2)ccc1OC. The fourth-order valence-corrected chi connectivity index (χ4v) is 6.64. The Hall–Kier alpha value is -5.26. The molecule has 0 spiro atoms. The lowest BCUT2D eigenvalue weighted by molar-refractivity contribution is 0.279. The zero-order valence-corrected chi connectivity index (χ0v) is 32.2. The van der Waals surface area contributed by atoms with Crippen LogP contribution >= 0.6 is 11.6 Å². The van der Waals surface area contributed by atoms with Crippen LogP contribution in [-0.2, 0) is 6.54 Å². The van der Waals surface area contributed by atoms with Crippen molar-refractivity contribution in [1.29, 1.82) is 0 Å². The number of halogens is 1. The van der Waals surface area contributed by atoms with Gasteiger partial charge in [0, 0.05) is 34.4 Å². The molecule has 0 radical (unpaired) electrons. The molecule has 1 aliphatic heterocycles. The van der Waals surface area contributed by atoms with Gasteiger partial charge in [-0.15, -0.1) is 0 Å². The molecule has 54 heavy (non-hydrogen) atoms. The van der Waals surface area contributed by atoms with E-state index in [4.69, 9.17) is 49.3 Å². The molecule has 0 aliphatic carbocycles. The second-order valence-electron chi connectivity index (χ2n) is 12.8. The summed E-state index contributed by atoms with van der Waals surface area (Å²) in [6.07, 6.45) is 6.29. The van der Waals surface area contributed by atoms with Gasteiger partial charge in [-0.05, 0) is 84.6 Å². The van der Waals surface area contributed by atoms with Crippen molar-refractivity contribution in [2.75, 3.05) is 54.1 Å². The van der Waals surface area contributed by atoms with Crippen molar-refractivity contribution < 1.29 is 37.7 Å². The lowest BCUT2D eigenvalue weighted by atomic mass is 10.1. The van der Waals surface area contributed by atoms with E-state index < -0.39 is 0 Å². The molecule has 0 saturated carbocycles. The van der Waals surface area contributed by atoms with Crippen LogP contribution in [0.1, 0.15) is 55.8 Å². The van der Waals surface area contributed by atoms with E-state index in [1.54, 1.807) is 35.5 Å². The third-order valence-electron chi connectivity index (χ3n) is 9.36. The fraction of sp³-hybridized carbons (Fsp3) is 0.357. The first kappa shape index (κ1) is 38.5. The van der Waals surface area contributed by atoms with Gasteiger partial charge in [0.25, 0.3) is 0 Å². The maximum absolute atomic E-state index is 6.18. The van der Waals surface area contributed by atoms with Gasteiger partial charge in [-0.3, -0.25) is 5.32 Å². The van der Waals surface area contributed by atoms with Gasteiger partial charge in [0.2, 0.25) is 5.75 Å². The largest absolute Gasteiger partial charge is 0.493 e. The second kappa shape index (κ2) is 18.7. The minimum atomic E-state index is -0.0323. The maximum Gasteiger partial charge on any atom is 0.203 e. The van der Waals surface area contributed by atoms with Crippen molar-refractivity contribution >= 4 is 17.3 Å². The predicted molar refractivity (Wildman–Crippen MR) is 210 cm³/mol. The van der Waals surface area contributed by atoms with E-state index in [0.29, 0.717) is 53.4 Å². The van der Waals surface area contributed by atoms with Gasteiger partial charge in [0.1, 0.15) is 11.9 Å². The lowest BCUT2D eigenvalue weighted by Gasteiger charge is -2.29. The van der Waals surface area contributed by atoms with Gasteiger partial charge in [-0.1, -0.05) is 48.5 Å². The molecule has 5 aromatic rings. The number of rotatable bonds is 19. The van der Waals surface area contributed by atoms with E-state index >= 15 is 0 Å². The highest BCUT2D eigenvalue weighted by molar-refractivity contribution is 6.30. The molecule has 286 valence electrons. The van der Waals surface area contributed by atoms with Crippen LogP contribution in [0.3, 0.4) is 0 Å². The molecular weight excluding hydrogens is 710 g/mol. The Morgan fingerprint density at radius 2 is 1.28 bits per heavy atom. The summed E-state index contributed by atoms with van der Waals surface area (Å²) in [4.78, 5) is 0. The minimum Gasteiger partial charge on any atom is -0.493 e. The molecule has 1 aliphatic rings. The molecular formula is C42H48ClN3O8. The molecule has 11 nitrogen and oxygen atoms in total. The van der Waals surface area contributed by atoms with Crippen LogP contribution in [-0.4, -0.2) is 53.9 Å². The Kier molecular flexibility index (Phi) is 13.3. The highest BCUT2D eigenvalue weighted by Gasteiger charge is 2.21. The summed E-state index contributed by atoms with van der Waals surface area (Å²) < 4.78 is 45.7. The number of aromatic nitrogens is 1. The summed E-state index contributed by atoms with van der Waals surface area (Å²) in [5, 5.41) is 12.1. The molecule has 0 fully saturated rings. The van der Waals surface area contributed by atoms with E-state index in [1.165, 1.54) is 0 Å². The number of benzene rings is 4. The number of unbranched alkanes of at least 4 members (excludes halogenated alkanes) is 5. The first-order valence-electron chi connectivity index (χ1n) is 18.1. The van der Waals surface area contributed by atoms with Crippen molar-refractivity contribution in [3.8, 4) is 62.8 Å². The van der Waals surface area contributed by atoms with Crippen LogP contribution in [0.4, 0.5) is 5.69 Å². The monoisotopic (exact) mass is 757 g/mol. The average molecular weight is 758 g/mol. The molecule has 12 heteroatoms. The third kappa shape index (κ3) is 9.26. The molecule has 2 heterocycles. The highest BCUT2D eigenvalue weighted by atomic mass is 35.5. The topological polar surface area (TPSA) is 115 Å². The summed E-state index contributed by atoms with van der Waals surface area (Å²) in [5.41, 5.74) is 5.56. The Bertz CT molecular complexity index is 1980. The van der Waals surface area contributed by atoms with Crippen LogP contribution < -0.4 is 43.8 Å². The minimum absolute atomic E-state index is 0.0323. The number of nitrogens with one attached hydrogen (secondary N) is 2. The standard InChI is InChI=1S/C42H48ClN3O8/c1-47-34-16-12-27(33-25-36(54-46-33)29-23-39(49-3)41(51-5)40(24-29)50-4)21-38(34)53-19-11-9-7-6-8-10-18-52-35-17-13-28(22-37(35)48-2)42-44-26-30-20-31(43)14-15-32(30)45-42/h12-17,20-25,42,44-45H,6-11,18-19,26H2,1-5H3. The van der Waals surface area contributed by atoms with Crippen molar-refractivity contribution in [1.82, 2.24) is 10.5 Å². The van der Waals surface area contributed by atoms with Gasteiger partial charge in [0.05, 0.1) is 48.8 Å². The van der Waals surface area contributed by atoms with E-state index in [0.717, 1.165) is 89.5 Å². The van der Waals surface area contributed by atoms with Crippen molar-refractivity contribution in [3.63, 3.8) is 0 Å². The zero-order valence-electron chi connectivity index (χ0n) is 31.5. The predicted octanol–water partition coefficient (Wildman–Crippen LogP) is 9.72. The normalized spacial score (nSPS) is 13.4. The summed E-state index contributed by atoms with van der Waals surface area (Å²) in [7, 11) is 8.03. The Morgan fingerprint density at radius 1 is 0.630 bits per heavy atom. The molecule has 0 bridgehead atoms. The summed E-state index contributed by atoms with van der Waals surface area (Å²) in [5.74, 6) is 4.93. The first-order chi connectivity index (χ1) is 26.4. The summed E-state index contributed by atoms with van der Waals surface area (Å²) in [6.45, 7) is 1.95. The molecule has 1 atom stereocenters. The molecule has 0 amide bonds. The first-order valence-corrected chi connectivity index (χ1v) is 18.5. The van der Waals surface area contributed by atoms with Crippen LogP contribution in [0.5, 0.6) is 40.2 Å². The quantitative estimate of drug-likeness (QED) is 0.0785. The van der Waals surface area contributed by atoms with Crippen LogP contribution in [0.25, 0.3) is 22.6 Å². The summed E-state index contributed by atoms with van der Waals surface area (Å²) >= 11 is 6.15. The molecule has 1 aromatic heterocycles. The van der Waals surface area contributed by atoms with Gasteiger partial charge >= 0.3 is 0 Å². The Balaban J connectivity index is 0.917.